The average Bonchev–Trinajstić information content (AvgIpc) is 3.01. The van der Waals surface area contributed by atoms with Crippen molar-refractivity contribution < 1.29 is 0 Å². The fraction of sp³-hybridized carbons (Fsp3) is 0.500. The second-order valence-electron chi connectivity index (χ2n) is 8.13. The second-order valence-corrected chi connectivity index (χ2v) is 8.54. The number of rotatable bonds is 4. The molecule has 4 heterocycles. The van der Waals surface area contributed by atoms with Gasteiger partial charge in [-0.1, -0.05) is 23.7 Å². The summed E-state index contributed by atoms with van der Waals surface area (Å²) in [6, 6.07) is 11.4. The quantitative estimate of drug-likeness (QED) is 0.802. The van der Waals surface area contributed by atoms with Gasteiger partial charge in [-0.25, -0.2) is 0 Å². The number of anilines is 2. The van der Waals surface area contributed by atoms with Gasteiger partial charge in [-0.3, -0.25) is 4.98 Å². The maximum absolute atomic E-state index is 6.25. The summed E-state index contributed by atoms with van der Waals surface area (Å²) in [5, 5.41) is 0.798. The fourth-order valence-electron chi connectivity index (χ4n) is 5.25. The Morgan fingerprint density at radius 2 is 2.07 bits per heavy atom. The third kappa shape index (κ3) is 2.99. The van der Waals surface area contributed by atoms with E-state index in [0.717, 1.165) is 36.6 Å². The van der Waals surface area contributed by atoms with Gasteiger partial charge in [0, 0.05) is 51.4 Å². The molecule has 1 fully saturated rings. The summed E-state index contributed by atoms with van der Waals surface area (Å²) >= 11 is 6.25. The number of pyridine rings is 1. The molecule has 0 saturated carbocycles. The number of hydrogen-bond acceptors (Lipinski definition) is 4. The first-order valence-electron chi connectivity index (χ1n) is 10.1. The number of likely N-dealkylation sites (N-methyl/N-ethyl adjacent to an activating group) is 1. The van der Waals surface area contributed by atoms with Crippen molar-refractivity contribution in [3.8, 4) is 0 Å². The summed E-state index contributed by atoms with van der Waals surface area (Å²) in [5.74, 6) is 0.652. The number of fused-ring (bicyclic) bond motifs is 3. The molecule has 5 rings (SSSR count). The van der Waals surface area contributed by atoms with Gasteiger partial charge in [-0.05, 0) is 49.6 Å². The lowest BCUT2D eigenvalue weighted by molar-refractivity contribution is 0.191. The van der Waals surface area contributed by atoms with E-state index in [1.165, 1.54) is 37.4 Å². The number of aromatic nitrogens is 1. The molecular weight excluding hydrogens is 356 g/mol. The number of benzene rings is 1. The SMILES string of the molecule is CN1CCN2c3c(cccc31)[C@@H]1CN(CCCc3ncccc3Cl)CC[C@@H]12. The van der Waals surface area contributed by atoms with Gasteiger partial charge in [0.25, 0.3) is 0 Å². The van der Waals surface area contributed by atoms with Crippen LogP contribution in [0.5, 0.6) is 0 Å². The molecule has 4 nitrogen and oxygen atoms in total. The molecule has 3 aliphatic rings. The lowest BCUT2D eigenvalue weighted by Crippen LogP contribution is -2.49. The lowest BCUT2D eigenvalue weighted by Gasteiger charge is -2.41. The normalized spacial score (nSPS) is 24.1. The van der Waals surface area contributed by atoms with Crippen molar-refractivity contribution >= 4 is 23.0 Å². The zero-order chi connectivity index (χ0) is 18.4. The molecule has 0 amide bonds. The average molecular weight is 383 g/mol. The van der Waals surface area contributed by atoms with E-state index in [1.54, 1.807) is 5.56 Å². The van der Waals surface area contributed by atoms with Crippen molar-refractivity contribution in [3.05, 3.63) is 52.8 Å². The molecule has 5 heteroatoms. The number of halogens is 1. The molecule has 3 aliphatic heterocycles. The van der Waals surface area contributed by atoms with E-state index in [1.807, 2.05) is 18.3 Å². The Kier molecular flexibility index (Phi) is 4.49. The van der Waals surface area contributed by atoms with E-state index in [0.29, 0.717) is 12.0 Å². The van der Waals surface area contributed by atoms with Gasteiger partial charge in [0.15, 0.2) is 0 Å². The first-order valence-corrected chi connectivity index (χ1v) is 10.5. The smallest absolute Gasteiger partial charge is 0.0644 e. The van der Waals surface area contributed by atoms with Crippen LogP contribution in [0.1, 0.15) is 30.0 Å². The maximum atomic E-state index is 6.25. The third-order valence-corrected chi connectivity index (χ3v) is 6.95. The summed E-state index contributed by atoms with van der Waals surface area (Å²) in [5.41, 5.74) is 5.54. The van der Waals surface area contributed by atoms with Crippen molar-refractivity contribution in [1.29, 1.82) is 0 Å². The van der Waals surface area contributed by atoms with Crippen molar-refractivity contribution in [3.63, 3.8) is 0 Å². The first-order chi connectivity index (χ1) is 13.2. The molecule has 142 valence electrons. The number of nitrogens with zero attached hydrogens (tertiary/aromatic N) is 4. The second kappa shape index (κ2) is 6.99. The first kappa shape index (κ1) is 17.3. The number of hydrogen-bond donors (Lipinski definition) is 0. The molecule has 0 N–H and O–H groups in total. The highest BCUT2D eigenvalue weighted by Crippen LogP contribution is 2.50. The molecule has 1 aromatic carbocycles. The Morgan fingerprint density at radius 3 is 2.96 bits per heavy atom. The largest absolute Gasteiger partial charge is 0.371 e. The van der Waals surface area contributed by atoms with Gasteiger partial charge in [-0.15, -0.1) is 0 Å². The Balaban J connectivity index is 1.28. The zero-order valence-electron chi connectivity index (χ0n) is 15.9. The molecule has 1 aromatic heterocycles. The molecule has 0 bridgehead atoms. The Labute approximate surface area is 166 Å². The van der Waals surface area contributed by atoms with Crippen molar-refractivity contribution in [1.82, 2.24) is 9.88 Å². The predicted octanol–water partition coefficient (Wildman–Crippen LogP) is 3.80. The highest BCUT2D eigenvalue weighted by atomic mass is 35.5. The monoisotopic (exact) mass is 382 g/mol. The van der Waals surface area contributed by atoms with Crippen LogP contribution < -0.4 is 9.80 Å². The summed E-state index contributed by atoms with van der Waals surface area (Å²) in [6.45, 7) is 5.81. The molecule has 27 heavy (non-hydrogen) atoms. The number of para-hydroxylation sites is 1. The van der Waals surface area contributed by atoms with Gasteiger partial charge < -0.3 is 14.7 Å². The van der Waals surface area contributed by atoms with E-state index in [2.05, 4.69) is 44.9 Å². The van der Waals surface area contributed by atoms with Crippen molar-refractivity contribution in [2.75, 3.05) is 49.6 Å². The summed E-state index contributed by atoms with van der Waals surface area (Å²) < 4.78 is 0. The summed E-state index contributed by atoms with van der Waals surface area (Å²) in [4.78, 5) is 12.2. The van der Waals surface area contributed by atoms with Crippen LogP contribution in [-0.2, 0) is 6.42 Å². The highest BCUT2D eigenvalue weighted by Gasteiger charge is 2.44. The van der Waals surface area contributed by atoms with Gasteiger partial charge in [0.05, 0.1) is 22.1 Å². The van der Waals surface area contributed by atoms with Crippen LogP contribution in [0.15, 0.2) is 36.5 Å². The molecule has 0 radical (unpaired) electrons. The molecule has 2 atom stereocenters. The Bertz CT molecular complexity index is 839. The number of aryl methyl sites for hydroxylation is 1. The van der Waals surface area contributed by atoms with Crippen LogP contribution in [0.4, 0.5) is 11.4 Å². The van der Waals surface area contributed by atoms with Gasteiger partial charge in [-0.2, -0.15) is 0 Å². The van der Waals surface area contributed by atoms with Crippen molar-refractivity contribution in [2.45, 2.75) is 31.2 Å². The molecule has 2 aromatic rings. The lowest BCUT2D eigenvalue weighted by atomic mass is 9.89. The van der Waals surface area contributed by atoms with Crippen LogP contribution in [0.3, 0.4) is 0 Å². The minimum atomic E-state index is 0.652. The van der Waals surface area contributed by atoms with E-state index >= 15 is 0 Å². The van der Waals surface area contributed by atoms with Crippen LogP contribution in [0.25, 0.3) is 0 Å². The van der Waals surface area contributed by atoms with E-state index in [9.17, 15) is 0 Å². The summed E-state index contributed by atoms with van der Waals surface area (Å²) in [6.07, 6.45) is 5.19. The van der Waals surface area contributed by atoms with Gasteiger partial charge in [0.2, 0.25) is 0 Å². The maximum Gasteiger partial charge on any atom is 0.0644 e. The van der Waals surface area contributed by atoms with E-state index in [4.69, 9.17) is 11.6 Å². The van der Waals surface area contributed by atoms with Crippen LogP contribution in [0, 0.1) is 0 Å². The highest BCUT2D eigenvalue weighted by molar-refractivity contribution is 6.31. The molecule has 0 unspecified atom stereocenters. The minimum Gasteiger partial charge on any atom is -0.371 e. The topological polar surface area (TPSA) is 22.6 Å². The number of piperidine rings is 1. The van der Waals surface area contributed by atoms with Crippen LogP contribution >= 0.6 is 11.6 Å². The molecule has 1 saturated heterocycles. The van der Waals surface area contributed by atoms with Crippen LogP contribution in [-0.4, -0.2) is 55.7 Å². The number of likely N-dealkylation sites (tertiary alicyclic amines) is 1. The van der Waals surface area contributed by atoms with Crippen molar-refractivity contribution in [2.24, 2.45) is 0 Å². The Hall–Kier alpha value is -1.78. The molecular formula is C22H27ClN4. The van der Waals surface area contributed by atoms with E-state index in [-0.39, 0.29) is 0 Å². The Morgan fingerprint density at radius 1 is 1.15 bits per heavy atom. The standard InChI is InChI=1S/C22H27ClN4/c1-25-13-14-27-20-9-12-26(11-4-7-19-18(23)6-3-10-24-19)15-17(20)16-5-2-8-21(25)22(16)27/h2-3,5-6,8,10,17,20H,4,7,9,11-15H2,1H3/t17-,20-/m0/s1. The van der Waals surface area contributed by atoms with Gasteiger partial charge >= 0.3 is 0 Å². The predicted molar refractivity (Wildman–Crippen MR) is 112 cm³/mol. The summed E-state index contributed by atoms with van der Waals surface area (Å²) in [7, 11) is 2.23. The molecule has 0 aliphatic carbocycles. The van der Waals surface area contributed by atoms with E-state index < -0.39 is 0 Å². The van der Waals surface area contributed by atoms with Crippen LogP contribution in [0.2, 0.25) is 5.02 Å². The molecule has 0 spiro atoms. The zero-order valence-corrected chi connectivity index (χ0v) is 16.7. The minimum absolute atomic E-state index is 0.652. The fourth-order valence-corrected chi connectivity index (χ4v) is 5.47. The van der Waals surface area contributed by atoms with Gasteiger partial charge in [0.1, 0.15) is 0 Å². The third-order valence-electron chi connectivity index (χ3n) is 6.60.